The summed E-state index contributed by atoms with van der Waals surface area (Å²) in [7, 11) is 0. The van der Waals surface area contributed by atoms with Gasteiger partial charge in [-0.15, -0.1) is 0 Å². The Kier molecular flexibility index (Phi) is 10.2. The van der Waals surface area contributed by atoms with Crippen LogP contribution < -0.4 is 27.0 Å². The van der Waals surface area contributed by atoms with Crippen molar-refractivity contribution in [3.05, 3.63) is 0 Å². The SMILES string of the molecule is CC(C)[C@H](N)C(=O)N1CCC[C@H]1C(=O)NCNC(=O)N[C@H](C(=O)NCC(=O)O)C(C)C. The number of carboxylic acid groups (broad SMARTS) is 1. The number of urea groups is 1. The molecule has 3 atom stereocenters. The Bertz CT molecular complexity index is 683. The molecule has 0 aliphatic carbocycles. The average Bonchev–Trinajstić information content (AvgIpc) is 3.18. The van der Waals surface area contributed by atoms with Crippen molar-refractivity contribution in [3.63, 3.8) is 0 Å². The molecule has 12 heteroatoms. The molecule has 1 fully saturated rings. The van der Waals surface area contributed by atoms with Crippen LogP contribution in [-0.2, 0) is 19.2 Å². The third-order valence-corrected chi connectivity index (χ3v) is 5.00. The minimum absolute atomic E-state index is 0.0521. The molecular formula is C19H34N6O6. The van der Waals surface area contributed by atoms with E-state index in [2.05, 4.69) is 21.3 Å². The molecule has 31 heavy (non-hydrogen) atoms. The maximum atomic E-state index is 12.5. The molecule has 1 rings (SSSR count). The minimum atomic E-state index is -1.20. The number of rotatable bonds is 10. The molecule has 5 amide bonds. The molecule has 0 radical (unpaired) electrons. The summed E-state index contributed by atoms with van der Waals surface area (Å²) in [6.45, 7) is 6.75. The van der Waals surface area contributed by atoms with Crippen molar-refractivity contribution >= 4 is 29.7 Å². The van der Waals surface area contributed by atoms with Crippen LogP contribution in [0.25, 0.3) is 0 Å². The van der Waals surface area contributed by atoms with Gasteiger partial charge in [-0.2, -0.15) is 0 Å². The largest absolute Gasteiger partial charge is 0.480 e. The molecule has 12 nitrogen and oxygen atoms in total. The van der Waals surface area contributed by atoms with Crippen LogP contribution >= 0.6 is 0 Å². The summed E-state index contributed by atoms with van der Waals surface area (Å²) in [5.74, 6) is -2.84. The molecule has 0 aromatic heterocycles. The van der Waals surface area contributed by atoms with Crippen molar-refractivity contribution in [2.24, 2.45) is 17.6 Å². The average molecular weight is 443 g/mol. The number of hydrogen-bond acceptors (Lipinski definition) is 6. The number of amides is 5. The van der Waals surface area contributed by atoms with E-state index >= 15 is 0 Å². The second-order valence-electron chi connectivity index (χ2n) is 8.16. The molecule has 0 bridgehead atoms. The standard InChI is InChI=1S/C19H34N6O6/c1-10(2)14(20)18(30)25-7-5-6-12(25)16(28)22-9-23-19(31)24-15(11(3)4)17(29)21-8-13(26)27/h10-12,14-15H,5-9,20H2,1-4H3,(H,21,29)(H,22,28)(H,26,27)(H2,23,24,31)/t12-,14-,15-/m0/s1. The summed E-state index contributed by atoms with van der Waals surface area (Å²) in [5, 5.41) is 18.3. The maximum Gasteiger partial charge on any atom is 0.322 e. The highest BCUT2D eigenvalue weighted by Gasteiger charge is 2.36. The Morgan fingerprint density at radius 1 is 1.03 bits per heavy atom. The predicted octanol–water partition coefficient (Wildman–Crippen LogP) is -1.44. The fraction of sp³-hybridized carbons (Fsp3) is 0.737. The number of nitrogens with one attached hydrogen (secondary N) is 4. The van der Waals surface area contributed by atoms with Gasteiger partial charge in [-0.25, -0.2) is 4.79 Å². The van der Waals surface area contributed by atoms with Gasteiger partial charge in [0.2, 0.25) is 17.7 Å². The lowest BCUT2D eigenvalue weighted by molar-refractivity contribution is -0.140. The van der Waals surface area contributed by atoms with Gasteiger partial charge in [0, 0.05) is 6.54 Å². The fourth-order valence-corrected chi connectivity index (χ4v) is 3.11. The van der Waals surface area contributed by atoms with Gasteiger partial charge >= 0.3 is 12.0 Å². The molecule has 0 spiro atoms. The first-order chi connectivity index (χ1) is 14.5. The number of carboxylic acids is 1. The number of carbonyl (C=O) groups is 5. The van der Waals surface area contributed by atoms with Gasteiger partial charge in [0.15, 0.2) is 0 Å². The van der Waals surface area contributed by atoms with Crippen molar-refractivity contribution in [1.29, 1.82) is 0 Å². The Labute approximate surface area is 181 Å². The van der Waals surface area contributed by atoms with E-state index in [0.717, 1.165) is 0 Å². The molecular weight excluding hydrogens is 408 g/mol. The first kappa shape index (κ1) is 26.1. The summed E-state index contributed by atoms with van der Waals surface area (Å²) >= 11 is 0. The van der Waals surface area contributed by atoms with Crippen LogP contribution in [0.5, 0.6) is 0 Å². The first-order valence-corrected chi connectivity index (χ1v) is 10.3. The minimum Gasteiger partial charge on any atom is -0.480 e. The van der Waals surface area contributed by atoms with Gasteiger partial charge in [-0.05, 0) is 24.7 Å². The maximum absolute atomic E-state index is 12.5. The van der Waals surface area contributed by atoms with E-state index < -0.39 is 48.5 Å². The quantitative estimate of drug-likeness (QED) is 0.224. The van der Waals surface area contributed by atoms with Crippen LogP contribution in [0, 0.1) is 11.8 Å². The summed E-state index contributed by atoms with van der Waals surface area (Å²) < 4.78 is 0. The van der Waals surface area contributed by atoms with Gasteiger partial charge in [-0.1, -0.05) is 27.7 Å². The number of nitrogens with zero attached hydrogens (tertiary/aromatic N) is 1. The number of hydrogen-bond donors (Lipinski definition) is 6. The highest BCUT2D eigenvalue weighted by Crippen LogP contribution is 2.19. The number of aliphatic carboxylic acids is 1. The van der Waals surface area contributed by atoms with Crippen molar-refractivity contribution < 1.29 is 29.1 Å². The van der Waals surface area contributed by atoms with E-state index in [-0.39, 0.29) is 24.4 Å². The van der Waals surface area contributed by atoms with Gasteiger partial charge in [0.05, 0.1) is 12.7 Å². The normalized spacial score (nSPS) is 17.8. The summed E-state index contributed by atoms with van der Waals surface area (Å²) in [6, 6.07) is -2.98. The monoisotopic (exact) mass is 442 g/mol. The topological polar surface area (TPSA) is 183 Å². The zero-order chi connectivity index (χ0) is 23.7. The van der Waals surface area contributed by atoms with E-state index in [4.69, 9.17) is 10.8 Å². The van der Waals surface area contributed by atoms with Crippen LogP contribution in [-0.4, -0.2) is 77.6 Å². The van der Waals surface area contributed by atoms with Crippen molar-refractivity contribution in [3.8, 4) is 0 Å². The number of carbonyl (C=O) groups excluding carboxylic acids is 4. The zero-order valence-corrected chi connectivity index (χ0v) is 18.4. The lowest BCUT2D eigenvalue weighted by Crippen LogP contribution is -2.56. The summed E-state index contributed by atoms with van der Waals surface area (Å²) in [4.78, 5) is 61.2. The third kappa shape index (κ3) is 8.04. The van der Waals surface area contributed by atoms with Crippen LogP contribution in [0.2, 0.25) is 0 Å². The molecule has 176 valence electrons. The fourth-order valence-electron chi connectivity index (χ4n) is 3.11. The van der Waals surface area contributed by atoms with E-state index in [0.29, 0.717) is 19.4 Å². The van der Waals surface area contributed by atoms with Gasteiger partial charge in [0.25, 0.3) is 0 Å². The van der Waals surface area contributed by atoms with Gasteiger partial charge < -0.3 is 37.0 Å². The van der Waals surface area contributed by atoms with E-state index in [1.165, 1.54) is 4.90 Å². The number of likely N-dealkylation sites (tertiary alicyclic amines) is 1. The zero-order valence-electron chi connectivity index (χ0n) is 18.4. The molecule has 1 aliphatic heterocycles. The molecule has 0 aromatic carbocycles. The molecule has 0 saturated carbocycles. The van der Waals surface area contributed by atoms with E-state index in [1.54, 1.807) is 13.8 Å². The van der Waals surface area contributed by atoms with Crippen molar-refractivity contribution in [2.75, 3.05) is 19.8 Å². The second-order valence-corrected chi connectivity index (χ2v) is 8.16. The number of nitrogens with two attached hydrogens (primary N) is 1. The van der Waals surface area contributed by atoms with Crippen molar-refractivity contribution in [1.82, 2.24) is 26.2 Å². The molecule has 7 N–H and O–H groups in total. The van der Waals surface area contributed by atoms with Gasteiger partial charge in [-0.3, -0.25) is 19.2 Å². The van der Waals surface area contributed by atoms with Crippen LogP contribution in [0.1, 0.15) is 40.5 Å². The summed E-state index contributed by atoms with van der Waals surface area (Å²) in [6.07, 6.45) is 1.19. The smallest absolute Gasteiger partial charge is 0.322 e. The van der Waals surface area contributed by atoms with Gasteiger partial charge in [0.1, 0.15) is 18.6 Å². The predicted molar refractivity (Wildman–Crippen MR) is 111 cm³/mol. The Hall–Kier alpha value is -2.89. The highest BCUT2D eigenvalue weighted by atomic mass is 16.4. The second kappa shape index (κ2) is 12.1. The molecule has 0 aromatic rings. The summed E-state index contributed by atoms with van der Waals surface area (Å²) in [5.41, 5.74) is 5.92. The van der Waals surface area contributed by atoms with Crippen LogP contribution in [0.4, 0.5) is 4.79 Å². The Morgan fingerprint density at radius 2 is 1.68 bits per heavy atom. The van der Waals surface area contributed by atoms with Crippen LogP contribution in [0.15, 0.2) is 0 Å². The lowest BCUT2D eigenvalue weighted by Gasteiger charge is -2.28. The Balaban J connectivity index is 2.53. The Morgan fingerprint density at radius 3 is 2.23 bits per heavy atom. The molecule has 0 unspecified atom stereocenters. The third-order valence-electron chi connectivity index (χ3n) is 5.00. The van der Waals surface area contributed by atoms with E-state index in [1.807, 2.05) is 13.8 Å². The first-order valence-electron chi connectivity index (χ1n) is 10.3. The lowest BCUT2D eigenvalue weighted by atomic mass is 10.0. The molecule has 1 aliphatic rings. The highest BCUT2D eigenvalue weighted by molar-refractivity contribution is 5.91. The van der Waals surface area contributed by atoms with E-state index in [9.17, 15) is 24.0 Å². The molecule has 1 heterocycles. The van der Waals surface area contributed by atoms with Crippen LogP contribution in [0.3, 0.4) is 0 Å². The molecule has 1 saturated heterocycles. The van der Waals surface area contributed by atoms with Crippen molar-refractivity contribution in [2.45, 2.75) is 58.7 Å².